The number of methoxy groups -OCH3 is 2. The third kappa shape index (κ3) is 3.94. The normalized spacial score (nSPS) is 18.3. The van der Waals surface area contributed by atoms with Crippen LogP contribution in [0.4, 0.5) is 5.69 Å². The second-order valence-corrected chi connectivity index (χ2v) is 11.0. The Morgan fingerprint density at radius 1 is 0.944 bits per heavy atom. The second-order valence-electron chi connectivity index (χ2n) is 10.2. The summed E-state index contributed by atoms with van der Waals surface area (Å²) in [5, 5.41) is 0.634. The Morgan fingerprint density at radius 2 is 1.69 bits per heavy atom. The summed E-state index contributed by atoms with van der Waals surface area (Å²) in [5.74, 6) is 1.17. The molecule has 190 valence electrons. The smallest absolute Gasteiger partial charge is 0.283 e. The maximum atomic E-state index is 13.2. The number of nitrogens with zero attached hydrogens (tertiary/aromatic N) is 4. The van der Waals surface area contributed by atoms with E-state index in [9.17, 15) is 4.79 Å². The summed E-state index contributed by atoms with van der Waals surface area (Å²) in [7, 11) is 3.44. The van der Waals surface area contributed by atoms with E-state index in [1.165, 1.54) is 24.9 Å². The fraction of sp³-hybridized carbons (Fsp3) is 0.500. The Hall–Kier alpha value is -2.42. The minimum Gasteiger partial charge on any atom is -0.371 e. The molecule has 0 amide bonds. The Labute approximate surface area is 219 Å². The van der Waals surface area contributed by atoms with Gasteiger partial charge in [-0.1, -0.05) is 25.3 Å². The van der Waals surface area contributed by atoms with E-state index in [2.05, 4.69) is 53.0 Å². The van der Waals surface area contributed by atoms with Crippen LogP contribution in [0.5, 0.6) is 0 Å². The highest BCUT2D eigenvalue weighted by Crippen LogP contribution is 2.37. The lowest BCUT2D eigenvalue weighted by atomic mass is 9.95. The van der Waals surface area contributed by atoms with Crippen molar-refractivity contribution in [2.75, 3.05) is 32.2 Å². The Morgan fingerprint density at radius 3 is 2.42 bits per heavy atom. The first-order valence-corrected chi connectivity index (χ1v) is 13.9. The van der Waals surface area contributed by atoms with Gasteiger partial charge in [-0.3, -0.25) is 9.20 Å². The summed E-state index contributed by atoms with van der Waals surface area (Å²) in [6.07, 6.45) is 7.88. The molecular formula is C28H33BrN4O3. The zero-order chi connectivity index (χ0) is 24.8. The number of aromatic nitrogens is 3. The van der Waals surface area contributed by atoms with Crippen molar-refractivity contribution in [1.29, 1.82) is 0 Å². The monoisotopic (exact) mass is 552 g/mol. The van der Waals surface area contributed by atoms with Crippen molar-refractivity contribution >= 4 is 49.3 Å². The van der Waals surface area contributed by atoms with Crippen LogP contribution in [0.2, 0.25) is 0 Å². The highest BCUT2D eigenvalue weighted by atomic mass is 79.9. The molecule has 2 fully saturated rings. The van der Waals surface area contributed by atoms with E-state index < -0.39 is 0 Å². The molecule has 1 saturated carbocycles. The fourth-order valence-corrected chi connectivity index (χ4v) is 6.95. The Balaban J connectivity index is 1.50. The van der Waals surface area contributed by atoms with Crippen molar-refractivity contribution in [2.45, 2.75) is 57.3 Å². The molecule has 0 atom stereocenters. The molecule has 6 rings (SSSR count). The topological polar surface area (TPSA) is 61.0 Å². The standard InChI is InChI=1S/C28H33BrN4O3/c1-35-27(36-2)18-13-15-31(16-14-18)20-11-12-22-24(17-20)32(19-7-4-3-5-8-19)28-30-26(34)25-21(29)9-6-10-23(25)33(22)28/h6,9-12,17-19,27H,3-5,7-8,13-16H2,1-2H3. The lowest BCUT2D eigenvalue weighted by Gasteiger charge is -2.36. The quantitative estimate of drug-likeness (QED) is 0.288. The van der Waals surface area contributed by atoms with Gasteiger partial charge < -0.3 is 18.9 Å². The number of benzene rings is 2. The molecule has 4 aromatic rings. The molecule has 2 aromatic heterocycles. The van der Waals surface area contributed by atoms with E-state index in [1.54, 1.807) is 14.2 Å². The summed E-state index contributed by atoms with van der Waals surface area (Å²) in [5.41, 5.74) is 4.21. The number of fused-ring (bicyclic) bond motifs is 5. The van der Waals surface area contributed by atoms with Crippen LogP contribution in [-0.2, 0) is 9.47 Å². The van der Waals surface area contributed by atoms with Crippen LogP contribution in [0.3, 0.4) is 0 Å². The van der Waals surface area contributed by atoms with Crippen molar-refractivity contribution in [3.63, 3.8) is 0 Å². The minimum absolute atomic E-state index is 0.139. The summed E-state index contributed by atoms with van der Waals surface area (Å²) in [6.45, 7) is 1.93. The first kappa shape index (κ1) is 23.9. The van der Waals surface area contributed by atoms with Crippen LogP contribution in [0, 0.1) is 5.92 Å². The second kappa shape index (κ2) is 9.80. The van der Waals surface area contributed by atoms with Crippen LogP contribution >= 0.6 is 15.9 Å². The molecule has 1 saturated heterocycles. The van der Waals surface area contributed by atoms with Gasteiger partial charge in [-0.05, 0) is 71.9 Å². The molecule has 0 bridgehead atoms. The fourth-order valence-electron chi connectivity index (χ4n) is 6.42. The lowest BCUT2D eigenvalue weighted by molar-refractivity contribution is -0.141. The van der Waals surface area contributed by atoms with Gasteiger partial charge in [0.15, 0.2) is 6.29 Å². The molecule has 0 radical (unpaired) electrons. The van der Waals surface area contributed by atoms with Crippen molar-refractivity contribution in [1.82, 2.24) is 14.0 Å². The van der Waals surface area contributed by atoms with Gasteiger partial charge in [0.25, 0.3) is 5.56 Å². The molecule has 36 heavy (non-hydrogen) atoms. The SMILES string of the molecule is COC(OC)C1CCN(c2ccc3c(c2)n(C2CCCCC2)c2nc(=O)c4c(Br)cccc4n32)CC1. The third-order valence-corrected chi connectivity index (χ3v) is 8.88. The van der Waals surface area contributed by atoms with E-state index in [-0.39, 0.29) is 11.8 Å². The predicted molar refractivity (Wildman–Crippen MR) is 147 cm³/mol. The minimum atomic E-state index is -0.175. The van der Waals surface area contributed by atoms with Gasteiger partial charge in [-0.2, -0.15) is 4.98 Å². The third-order valence-electron chi connectivity index (χ3n) is 8.22. The van der Waals surface area contributed by atoms with E-state index >= 15 is 0 Å². The highest BCUT2D eigenvalue weighted by Gasteiger charge is 2.28. The first-order valence-electron chi connectivity index (χ1n) is 13.1. The average Bonchev–Trinajstić information content (AvgIpc) is 3.23. The van der Waals surface area contributed by atoms with Crippen molar-refractivity contribution in [3.8, 4) is 0 Å². The zero-order valence-corrected chi connectivity index (χ0v) is 22.5. The summed E-state index contributed by atoms with van der Waals surface area (Å²) in [4.78, 5) is 20.3. The van der Waals surface area contributed by atoms with E-state index in [0.29, 0.717) is 17.3 Å². The number of hydrogen-bond donors (Lipinski definition) is 0. The maximum absolute atomic E-state index is 13.2. The maximum Gasteiger partial charge on any atom is 0.283 e. The van der Waals surface area contributed by atoms with Gasteiger partial charge in [0.05, 0.1) is 21.9 Å². The van der Waals surface area contributed by atoms with Gasteiger partial charge in [-0.25, -0.2) is 0 Å². The molecule has 1 aliphatic heterocycles. The molecule has 8 heteroatoms. The molecule has 0 unspecified atom stereocenters. The van der Waals surface area contributed by atoms with E-state index in [4.69, 9.17) is 9.47 Å². The zero-order valence-electron chi connectivity index (χ0n) is 21.0. The molecule has 2 aromatic carbocycles. The van der Waals surface area contributed by atoms with Crippen molar-refractivity contribution in [2.24, 2.45) is 5.92 Å². The van der Waals surface area contributed by atoms with E-state index in [1.807, 2.05) is 18.2 Å². The molecule has 2 aliphatic rings. The Kier molecular flexibility index (Phi) is 6.52. The highest BCUT2D eigenvalue weighted by molar-refractivity contribution is 9.10. The van der Waals surface area contributed by atoms with Gasteiger partial charge in [0.2, 0.25) is 5.78 Å². The first-order chi connectivity index (χ1) is 17.6. The Bertz CT molecular complexity index is 1460. The van der Waals surface area contributed by atoms with Crippen LogP contribution in [0.1, 0.15) is 51.0 Å². The van der Waals surface area contributed by atoms with E-state index in [0.717, 1.165) is 65.6 Å². The summed E-state index contributed by atoms with van der Waals surface area (Å²) in [6, 6.07) is 13.0. The molecule has 0 N–H and O–H groups in total. The number of piperidine rings is 1. The van der Waals surface area contributed by atoms with Crippen molar-refractivity contribution < 1.29 is 9.47 Å². The number of imidazole rings is 1. The molecule has 0 spiro atoms. The number of hydrogen-bond acceptors (Lipinski definition) is 5. The molecule has 3 heterocycles. The summed E-state index contributed by atoms with van der Waals surface area (Å²) >= 11 is 3.59. The molecule has 1 aliphatic carbocycles. The number of ether oxygens (including phenoxy) is 2. The largest absolute Gasteiger partial charge is 0.371 e. The molecular weight excluding hydrogens is 520 g/mol. The van der Waals surface area contributed by atoms with Gasteiger partial charge in [0.1, 0.15) is 0 Å². The van der Waals surface area contributed by atoms with Crippen LogP contribution in [0.25, 0.3) is 27.7 Å². The number of rotatable bonds is 5. The van der Waals surface area contributed by atoms with Gasteiger partial charge in [-0.15, -0.1) is 0 Å². The van der Waals surface area contributed by atoms with Crippen LogP contribution in [-0.4, -0.2) is 47.6 Å². The molecule has 7 nitrogen and oxygen atoms in total. The number of halogens is 1. The summed E-state index contributed by atoms with van der Waals surface area (Å²) < 4.78 is 16.4. The van der Waals surface area contributed by atoms with Crippen molar-refractivity contribution in [3.05, 3.63) is 51.2 Å². The van der Waals surface area contributed by atoms with Gasteiger partial charge >= 0.3 is 0 Å². The van der Waals surface area contributed by atoms with Gasteiger partial charge in [0, 0.05) is 49.4 Å². The van der Waals surface area contributed by atoms with Crippen LogP contribution in [0.15, 0.2) is 45.7 Å². The lowest BCUT2D eigenvalue weighted by Crippen LogP contribution is -2.39. The van der Waals surface area contributed by atoms with Crippen LogP contribution < -0.4 is 10.5 Å². The number of anilines is 1. The predicted octanol–water partition coefficient (Wildman–Crippen LogP) is 5.91. The average molecular weight is 554 g/mol.